The van der Waals surface area contributed by atoms with Crippen LogP contribution in [0.15, 0.2) is 42.5 Å². The van der Waals surface area contributed by atoms with Crippen molar-refractivity contribution in [3.05, 3.63) is 68.7 Å². The molecule has 2 rings (SSSR count). The van der Waals surface area contributed by atoms with E-state index in [9.17, 15) is 9.59 Å². The summed E-state index contributed by atoms with van der Waals surface area (Å²) in [6, 6.07) is 11.1. The van der Waals surface area contributed by atoms with Gasteiger partial charge in [0.2, 0.25) is 0 Å². The second-order valence-corrected chi connectivity index (χ2v) is 8.23. The van der Waals surface area contributed by atoms with Gasteiger partial charge in [0.25, 0.3) is 5.91 Å². The first-order valence-electron chi connectivity index (χ1n) is 7.73. The van der Waals surface area contributed by atoms with Crippen molar-refractivity contribution in [3.8, 4) is 0 Å². The van der Waals surface area contributed by atoms with Crippen LogP contribution in [0.25, 0.3) is 0 Å². The number of rotatable bonds is 6. The van der Waals surface area contributed by atoms with Crippen LogP contribution in [0.3, 0.4) is 0 Å². The highest BCUT2D eigenvalue weighted by Gasteiger charge is 2.36. The van der Waals surface area contributed by atoms with Crippen molar-refractivity contribution < 1.29 is 9.59 Å². The molecule has 0 unspecified atom stereocenters. The van der Waals surface area contributed by atoms with Crippen LogP contribution in [0.2, 0.25) is 15.1 Å². The van der Waals surface area contributed by atoms with Gasteiger partial charge in [-0.25, -0.2) is 0 Å². The second-order valence-electron chi connectivity index (χ2n) is 6.34. The number of nitrogens with zero attached hydrogens (tertiary/aromatic N) is 2. The van der Waals surface area contributed by atoms with Crippen molar-refractivity contribution in [1.29, 1.82) is 0 Å². The summed E-state index contributed by atoms with van der Waals surface area (Å²) in [5.74, 6) is -0.898. The molecule has 1 amide bonds. The van der Waals surface area contributed by atoms with E-state index in [2.05, 4.69) is 0 Å². The molecule has 0 N–H and O–H groups in total. The minimum absolute atomic E-state index is 0.0366. The Kier molecular flexibility index (Phi) is 7.42. The third kappa shape index (κ3) is 5.29. The molecular formula is C18H15Cl5N2O2. The molecule has 0 bridgehead atoms. The SMILES string of the molecule is CC(C)(CC(=O)c1ccccc1Cl)N(Cl)N(Cl)C(=O)c1ccc(Cl)cc1Cl. The third-order valence-electron chi connectivity index (χ3n) is 3.75. The van der Waals surface area contributed by atoms with E-state index >= 15 is 0 Å². The molecule has 0 aliphatic rings. The summed E-state index contributed by atoms with van der Waals surface area (Å²) in [5.41, 5.74) is -0.519. The van der Waals surface area contributed by atoms with Crippen LogP contribution in [0.4, 0.5) is 0 Å². The first-order valence-corrected chi connectivity index (χ1v) is 9.54. The zero-order chi connectivity index (χ0) is 20.4. The van der Waals surface area contributed by atoms with Gasteiger partial charge in [-0.1, -0.05) is 46.9 Å². The molecule has 0 aliphatic heterocycles. The first-order chi connectivity index (χ1) is 12.5. The molecule has 2 aromatic carbocycles. The number of hydrazine groups is 1. The summed E-state index contributed by atoms with van der Waals surface area (Å²) in [6.45, 7) is 3.34. The average Bonchev–Trinajstić information content (AvgIpc) is 2.59. The molecular weight excluding hydrogens is 453 g/mol. The summed E-state index contributed by atoms with van der Waals surface area (Å²) in [5, 5.41) is 0.852. The van der Waals surface area contributed by atoms with E-state index in [0.717, 1.165) is 4.53 Å². The first kappa shape index (κ1) is 22.3. The van der Waals surface area contributed by atoms with Crippen LogP contribution in [0, 0.1) is 0 Å². The van der Waals surface area contributed by atoms with Crippen molar-refractivity contribution in [1.82, 2.24) is 9.06 Å². The van der Waals surface area contributed by atoms with Crippen molar-refractivity contribution in [3.63, 3.8) is 0 Å². The molecule has 0 atom stereocenters. The molecule has 0 heterocycles. The highest BCUT2D eigenvalue weighted by Crippen LogP contribution is 2.31. The fraction of sp³-hybridized carbons (Fsp3) is 0.222. The maximum absolute atomic E-state index is 12.6. The van der Waals surface area contributed by atoms with Gasteiger partial charge in [-0.05, 0) is 44.2 Å². The van der Waals surface area contributed by atoms with E-state index in [1.807, 2.05) is 0 Å². The molecule has 27 heavy (non-hydrogen) atoms. The monoisotopic (exact) mass is 466 g/mol. The standard InChI is InChI=1S/C18H15Cl5N2O2/c1-18(2,10-16(26)12-5-3-4-6-14(12)20)25(23)24(22)17(27)13-8-7-11(19)9-15(13)21/h3-9H,10H2,1-2H3. The van der Waals surface area contributed by atoms with Crippen molar-refractivity contribution in [2.24, 2.45) is 0 Å². The zero-order valence-corrected chi connectivity index (χ0v) is 18.1. The molecule has 144 valence electrons. The Morgan fingerprint density at radius 3 is 2.15 bits per heavy atom. The number of amides is 1. The summed E-state index contributed by atoms with van der Waals surface area (Å²) in [4.78, 5) is 25.2. The van der Waals surface area contributed by atoms with Gasteiger partial charge in [-0.2, -0.15) is 4.53 Å². The Morgan fingerprint density at radius 1 is 0.926 bits per heavy atom. The topological polar surface area (TPSA) is 40.6 Å². The molecule has 0 fully saturated rings. The van der Waals surface area contributed by atoms with E-state index in [4.69, 9.17) is 58.4 Å². The van der Waals surface area contributed by atoms with Gasteiger partial charge in [0, 0.05) is 40.6 Å². The molecule has 0 spiro atoms. The van der Waals surface area contributed by atoms with Gasteiger partial charge in [0.15, 0.2) is 5.78 Å². The number of halogens is 5. The largest absolute Gasteiger partial charge is 0.294 e. The van der Waals surface area contributed by atoms with Crippen LogP contribution in [0.1, 0.15) is 41.0 Å². The van der Waals surface area contributed by atoms with Gasteiger partial charge in [-0.15, -0.1) is 4.53 Å². The zero-order valence-electron chi connectivity index (χ0n) is 14.3. The van der Waals surface area contributed by atoms with Crippen LogP contribution in [0.5, 0.6) is 0 Å². The number of carbonyl (C=O) groups is 2. The lowest BCUT2D eigenvalue weighted by atomic mass is 9.95. The quantitative estimate of drug-likeness (QED) is 0.270. The highest BCUT2D eigenvalue weighted by atomic mass is 35.5. The fourth-order valence-corrected chi connectivity index (χ4v) is 3.48. The van der Waals surface area contributed by atoms with Gasteiger partial charge in [-0.3, -0.25) is 9.59 Å². The number of ketones is 1. The summed E-state index contributed by atoms with van der Waals surface area (Å²) in [7, 11) is 0. The van der Waals surface area contributed by atoms with E-state index in [1.165, 1.54) is 18.2 Å². The molecule has 0 saturated heterocycles. The molecule has 2 aromatic rings. The van der Waals surface area contributed by atoms with E-state index in [-0.39, 0.29) is 22.8 Å². The minimum atomic E-state index is -1.01. The number of benzene rings is 2. The van der Waals surface area contributed by atoms with Crippen molar-refractivity contribution in [2.75, 3.05) is 0 Å². The lowest BCUT2D eigenvalue weighted by Crippen LogP contribution is -2.48. The predicted molar refractivity (Wildman–Crippen MR) is 111 cm³/mol. The predicted octanol–water partition coefficient (Wildman–Crippen LogP) is 6.67. The van der Waals surface area contributed by atoms with Crippen molar-refractivity contribution >= 4 is 70.0 Å². The Hall–Kier alpha value is -1.01. The Labute approximate surface area is 182 Å². The molecule has 0 radical (unpaired) electrons. The van der Waals surface area contributed by atoms with Crippen LogP contribution in [-0.4, -0.2) is 26.3 Å². The molecule has 9 heteroatoms. The number of Topliss-reactive ketones (excluding diaryl/α,β-unsaturated/α-hetero) is 1. The Bertz CT molecular complexity index is 873. The highest BCUT2D eigenvalue weighted by molar-refractivity contribution is 6.38. The second kappa shape index (κ2) is 8.99. The van der Waals surface area contributed by atoms with Gasteiger partial charge < -0.3 is 0 Å². The summed E-state index contributed by atoms with van der Waals surface area (Å²) < 4.78 is 1.63. The Morgan fingerprint density at radius 2 is 1.56 bits per heavy atom. The average molecular weight is 469 g/mol. The maximum Gasteiger partial charge on any atom is 0.285 e. The fourth-order valence-electron chi connectivity index (χ4n) is 2.32. The number of hydrogen-bond donors (Lipinski definition) is 0. The Balaban J connectivity index is 2.18. The lowest BCUT2D eigenvalue weighted by molar-refractivity contribution is 0.0374. The van der Waals surface area contributed by atoms with Crippen LogP contribution < -0.4 is 0 Å². The van der Waals surface area contributed by atoms with Gasteiger partial charge in [0.1, 0.15) is 0 Å². The van der Waals surface area contributed by atoms with Crippen LogP contribution >= 0.6 is 58.4 Å². The lowest BCUT2D eigenvalue weighted by Gasteiger charge is -2.36. The third-order valence-corrected chi connectivity index (χ3v) is 5.62. The van der Waals surface area contributed by atoms with E-state index < -0.39 is 11.4 Å². The number of carbonyl (C=O) groups excluding carboxylic acids is 2. The van der Waals surface area contributed by atoms with Gasteiger partial charge in [0.05, 0.1) is 21.1 Å². The summed E-state index contributed by atoms with van der Waals surface area (Å²) >= 11 is 30.3. The molecule has 0 aromatic heterocycles. The normalized spacial score (nSPS) is 11.6. The summed E-state index contributed by atoms with van der Waals surface area (Å²) in [6.07, 6.45) is -0.0366. The minimum Gasteiger partial charge on any atom is -0.294 e. The van der Waals surface area contributed by atoms with Crippen molar-refractivity contribution in [2.45, 2.75) is 25.8 Å². The van der Waals surface area contributed by atoms with E-state index in [0.29, 0.717) is 20.1 Å². The molecule has 0 saturated carbocycles. The van der Waals surface area contributed by atoms with E-state index in [1.54, 1.807) is 38.1 Å². The van der Waals surface area contributed by atoms with Gasteiger partial charge >= 0.3 is 0 Å². The molecule has 4 nitrogen and oxygen atoms in total. The van der Waals surface area contributed by atoms with Crippen LogP contribution in [-0.2, 0) is 0 Å². The number of hydrogen-bond acceptors (Lipinski definition) is 3. The molecule has 0 aliphatic carbocycles. The maximum atomic E-state index is 12.6. The smallest absolute Gasteiger partial charge is 0.285 e.